The zero-order chi connectivity index (χ0) is 13.7. The molecular formula is C11H14N6O2. The van der Waals surface area contributed by atoms with E-state index in [0.717, 1.165) is 0 Å². The van der Waals surface area contributed by atoms with Gasteiger partial charge in [0.15, 0.2) is 0 Å². The SMILES string of the molecule is COc1cc(C(NN)c2nccnc2OC)ncn1. The number of nitrogens with one attached hydrogen (secondary N) is 1. The van der Waals surface area contributed by atoms with Crippen LogP contribution < -0.4 is 20.7 Å². The Morgan fingerprint density at radius 1 is 1.11 bits per heavy atom. The van der Waals surface area contributed by atoms with Crippen LogP contribution in [0.25, 0.3) is 0 Å². The van der Waals surface area contributed by atoms with Crippen LogP contribution in [0, 0.1) is 0 Å². The van der Waals surface area contributed by atoms with Crippen LogP contribution in [0.4, 0.5) is 0 Å². The number of nitrogens with zero attached hydrogens (tertiary/aromatic N) is 4. The van der Waals surface area contributed by atoms with Gasteiger partial charge >= 0.3 is 0 Å². The lowest BCUT2D eigenvalue weighted by Gasteiger charge is -2.16. The Bertz CT molecular complexity index is 550. The van der Waals surface area contributed by atoms with Crippen LogP contribution in [0.2, 0.25) is 0 Å². The van der Waals surface area contributed by atoms with Crippen molar-refractivity contribution in [3.05, 3.63) is 36.2 Å². The summed E-state index contributed by atoms with van der Waals surface area (Å²) >= 11 is 0. The van der Waals surface area contributed by atoms with Crippen molar-refractivity contribution in [3.8, 4) is 11.8 Å². The van der Waals surface area contributed by atoms with Gasteiger partial charge < -0.3 is 9.47 Å². The van der Waals surface area contributed by atoms with Gasteiger partial charge in [-0.05, 0) is 0 Å². The standard InChI is InChI=1S/C11H14N6O2/c1-18-8-5-7(15-6-16-8)9(17-12)10-11(19-2)14-4-3-13-10/h3-6,9,17H,12H2,1-2H3. The summed E-state index contributed by atoms with van der Waals surface area (Å²) in [6.45, 7) is 0. The molecule has 8 nitrogen and oxygen atoms in total. The lowest BCUT2D eigenvalue weighted by atomic mass is 10.1. The number of rotatable bonds is 5. The fraction of sp³-hybridized carbons (Fsp3) is 0.273. The van der Waals surface area contributed by atoms with Gasteiger partial charge in [-0.15, -0.1) is 0 Å². The van der Waals surface area contributed by atoms with Gasteiger partial charge in [0.1, 0.15) is 18.1 Å². The number of hydrogen-bond acceptors (Lipinski definition) is 8. The minimum absolute atomic E-state index is 0.378. The number of hydrazine groups is 1. The van der Waals surface area contributed by atoms with Gasteiger partial charge in [0.25, 0.3) is 0 Å². The van der Waals surface area contributed by atoms with E-state index < -0.39 is 6.04 Å². The third-order valence-electron chi connectivity index (χ3n) is 2.49. The maximum Gasteiger partial charge on any atom is 0.237 e. The number of hydrogen-bond donors (Lipinski definition) is 2. The molecule has 0 saturated heterocycles. The first-order valence-corrected chi connectivity index (χ1v) is 5.47. The van der Waals surface area contributed by atoms with E-state index in [4.69, 9.17) is 15.3 Å². The molecule has 2 heterocycles. The van der Waals surface area contributed by atoms with Gasteiger partial charge in [-0.25, -0.2) is 20.4 Å². The minimum Gasteiger partial charge on any atom is -0.481 e. The first-order chi connectivity index (χ1) is 9.30. The van der Waals surface area contributed by atoms with Crippen LogP contribution in [-0.2, 0) is 0 Å². The maximum absolute atomic E-state index is 5.58. The largest absolute Gasteiger partial charge is 0.481 e. The van der Waals surface area contributed by atoms with Gasteiger partial charge in [-0.1, -0.05) is 0 Å². The number of aromatic nitrogens is 4. The van der Waals surface area contributed by atoms with Gasteiger partial charge in [0, 0.05) is 18.5 Å². The van der Waals surface area contributed by atoms with Crippen LogP contribution in [0.5, 0.6) is 11.8 Å². The highest BCUT2D eigenvalue weighted by Crippen LogP contribution is 2.25. The Morgan fingerprint density at radius 2 is 1.89 bits per heavy atom. The smallest absolute Gasteiger partial charge is 0.237 e. The van der Waals surface area contributed by atoms with Crippen LogP contribution in [0.3, 0.4) is 0 Å². The van der Waals surface area contributed by atoms with Gasteiger partial charge in [0.05, 0.1) is 19.9 Å². The van der Waals surface area contributed by atoms with E-state index in [2.05, 4.69) is 25.4 Å². The average molecular weight is 262 g/mol. The Labute approximate surface area is 110 Å². The zero-order valence-corrected chi connectivity index (χ0v) is 10.6. The molecule has 0 saturated carbocycles. The monoisotopic (exact) mass is 262 g/mol. The molecule has 0 spiro atoms. The summed E-state index contributed by atoms with van der Waals surface area (Å²) in [7, 11) is 3.04. The van der Waals surface area contributed by atoms with Crippen molar-refractivity contribution in [1.82, 2.24) is 25.4 Å². The second-order valence-electron chi connectivity index (χ2n) is 3.54. The fourth-order valence-corrected chi connectivity index (χ4v) is 1.62. The molecule has 0 bridgehead atoms. The molecule has 3 N–H and O–H groups in total. The number of methoxy groups -OCH3 is 2. The predicted octanol–water partition coefficient (Wildman–Crippen LogP) is -0.164. The van der Waals surface area contributed by atoms with Crippen LogP contribution in [-0.4, -0.2) is 34.2 Å². The molecular weight excluding hydrogens is 248 g/mol. The Morgan fingerprint density at radius 3 is 2.58 bits per heavy atom. The van der Waals surface area contributed by atoms with Gasteiger partial charge in [0.2, 0.25) is 11.8 Å². The average Bonchev–Trinajstić information content (AvgIpc) is 2.49. The van der Waals surface area contributed by atoms with Crippen molar-refractivity contribution in [2.75, 3.05) is 14.2 Å². The zero-order valence-electron chi connectivity index (χ0n) is 10.6. The Hall–Kier alpha value is -2.32. The third kappa shape index (κ3) is 2.75. The molecule has 0 fully saturated rings. The van der Waals surface area contributed by atoms with E-state index in [1.165, 1.54) is 26.7 Å². The summed E-state index contributed by atoms with van der Waals surface area (Å²) < 4.78 is 10.2. The molecule has 0 aliphatic heterocycles. The molecule has 2 rings (SSSR count). The summed E-state index contributed by atoms with van der Waals surface area (Å²) in [5.41, 5.74) is 3.77. The lowest BCUT2D eigenvalue weighted by Crippen LogP contribution is -2.30. The van der Waals surface area contributed by atoms with Crippen LogP contribution >= 0.6 is 0 Å². The Kier molecular flexibility index (Phi) is 4.16. The molecule has 0 aliphatic rings. The van der Waals surface area contributed by atoms with Crippen molar-refractivity contribution in [3.63, 3.8) is 0 Å². The topological polar surface area (TPSA) is 108 Å². The summed E-state index contributed by atoms with van der Waals surface area (Å²) in [6.07, 6.45) is 4.48. The first kappa shape index (κ1) is 13.1. The summed E-state index contributed by atoms with van der Waals surface area (Å²) in [4.78, 5) is 16.4. The summed E-state index contributed by atoms with van der Waals surface area (Å²) in [5, 5.41) is 0. The van der Waals surface area contributed by atoms with Crippen molar-refractivity contribution >= 4 is 0 Å². The molecule has 0 radical (unpaired) electrons. The van der Waals surface area contributed by atoms with E-state index in [1.54, 1.807) is 12.3 Å². The van der Waals surface area contributed by atoms with E-state index in [1.807, 2.05) is 0 Å². The van der Waals surface area contributed by atoms with E-state index >= 15 is 0 Å². The van der Waals surface area contributed by atoms with Gasteiger partial charge in [-0.3, -0.25) is 10.8 Å². The summed E-state index contributed by atoms with van der Waals surface area (Å²) in [5.74, 6) is 6.39. The molecule has 2 aromatic rings. The van der Waals surface area contributed by atoms with E-state index in [-0.39, 0.29) is 0 Å². The normalized spacial score (nSPS) is 11.9. The molecule has 0 amide bonds. The van der Waals surface area contributed by atoms with Crippen molar-refractivity contribution in [1.29, 1.82) is 0 Å². The molecule has 19 heavy (non-hydrogen) atoms. The molecule has 100 valence electrons. The first-order valence-electron chi connectivity index (χ1n) is 5.47. The van der Waals surface area contributed by atoms with Crippen molar-refractivity contribution in [2.45, 2.75) is 6.04 Å². The van der Waals surface area contributed by atoms with Crippen LogP contribution in [0.15, 0.2) is 24.8 Å². The van der Waals surface area contributed by atoms with Crippen LogP contribution in [0.1, 0.15) is 17.4 Å². The third-order valence-corrected chi connectivity index (χ3v) is 2.49. The van der Waals surface area contributed by atoms with Gasteiger partial charge in [-0.2, -0.15) is 0 Å². The molecule has 1 unspecified atom stereocenters. The lowest BCUT2D eigenvalue weighted by molar-refractivity contribution is 0.380. The molecule has 8 heteroatoms. The quantitative estimate of drug-likeness (QED) is 0.565. The molecule has 0 aromatic carbocycles. The number of ether oxygens (including phenoxy) is 2. The highest BCUT2D eigenvalue weighted by molar-refractivity contribution is 5.30. The molecule has 2 aromatic heterocycles. The second-order valence-corrected chi connectivity index (χ2v) is 3.54. The minimum atomic E-state index is -0.472. The Balaban J connectivity index is 2.43. The molecule has 0 aliphatic carbocycles. The van der Waals surface area contributed by atoms with Crippen molar-refractivity contribution in [2.24, 2.45) is 5.84 Å². The molecule has 1 atom stereocenters. The van der Waals surface area contributed by atoms with E-state index in [0.29, 0.717) is 23.1 Å². The fourth-order valence-electron chi connectivity index (χ4n) is 1.62. The highest BCUT2D eigenvalue weighted by atomic mass is 16.5. The number of nitrogens with two attached hydrogens (primary N) is 1. The highest BCUT2D eigenvalue weighted by Gasteiger charge is 2.21. The summed E-state index contributed by atoms with van der Waals surface area (Å²) in [6, 6.07) is 1.19. The second kappa shape index (κ2) is 6.03. The van der Waals surface area contributed by atoms with E-state index in [9.17, 15) is 0 Å². The van der Waals surface area contributed by atoms with Crippen molar-refractivity contribution < 1.29 is 9.47 Å². The predicted molar refractivity (Wildman–Crippen MR) is 66.3 cm³/mol. The maximum atomic E-state index is 5.58.